The number of aromatic nitrogens is 3. The minimum atomic E-state index is 0.614. The molecule has 0 aliphatic rings. The summed E-state index contributed by atoms with van der Waals surface area (Å²) >= 11 is 0. The first-order chi connectivity index (χ1) is 8.06. The van der Waals surface area contributed by atoms with Gasteiger partial charge in [-0.05, 0) is 36.5 Å². The molecule has 0 spiro atoms. The van der Waals surface area contributed by atoms with E-state index >= 15 is 0 Å². The van der Waals surface area contributed by atoms with Gasteiger partial charge in [0.2, 0.25) is 5.95 Å². The first kappa shape index (κ1) is 11.9. The Morgan fingerprint density at radius 3 is 2.82 bits per heavy atom. The predicted octanol–water partition coefficient (Wildman–Crippen LogP) is 2.74. The number of aryl methyl sites for hydroxylation is 1. The SMILES string of the molecule is Cc1ccn2nc(NCC(C)C(C)C)nc2c1. The molecule has 1 unspecified atom stereocenters. The fraction of sp³-hybridized carbons (Fsp3) is 0.538. The Bertz CT molecular complexity index is 501. The summed E-state index contributed by atoms with van der Waals surface area (Å²) in [4.78, 5) is 4.45. The zero-order chi connectivity index (χ0) is 12.4. The van der Waals surface area contributed by atoms with Crippen molar-refractivity contribution in [2.75, 3.05) is 11.9 Å². The van der Waals surface area contributed by atoms with E-state index in [4.69, 9.17) is 0 Å². The van der Waals surface area contributed by atoms with Gasteiger partial charge in [-0.1, -0.05) is 20.8 Å². The molecule has 2 heterocycles. The van der Waals surface area contributed by atoms with Crippen LogP contribution in [0.4, 0.5) is 5.95 Å². The van der Waals surface area contributed by atoms with Crippen LogP contribution in [0.5, 0.6) is 0 Å². The normalized spacial score (nSPS) is 13.2. The van der Waals surface area contributed by atoms with Crippen LogP contribution >= 0.6 is 0 Å². The van der Waals surface area contributed by atoms with Gasteiger partial charge in [0.15, 0.2) is 5.65 Å². The molecule has 92 valence electrons. The Hall–Kier alpha value is -1.58. The van der Waals surface area contributed by atoms with Gasteiger partial charge in [-0.3, -0.25) is 0 Å². The van der Waals surface area contributed by atoms with Gasteiger partial charge in [0.1, 0.15) is 0 Å². The lowest BCUT2D eigenvalue weighted by Crippen LogP contribution is -2.16. The van der Waals surface area contributed by atoms with E-state index in [1.807, 2.05) is 18.3 Å². The third kappa shape index (κ3) is 2.75. The Morgan fingerprint density at radius 2 is 2.12 bits per heavy atom. The summed E-state index contributed by atoms with van der Waals surface area (Å²) in [7, 11) is 0. The minimum Gasteiger partial charge on any atom is -0.353 e. The van der Waals surface area contributed by atoms with Gasteiger partial charge in [0.25, 0.3) is 0 Å². The van der Waals surface area contributed by atoms with Gasteiger partial charge < -0.3 is 5.32 Å². The monoisotopic (exact) mass is 232 g/mol. The molecule has 4 nitrogen and oxygen atoms in total. The van der Waals surface area contributed by atoms with Crippen LogP contribution < -0.4 is 5.32 Å². The molecule has 0 aliphatic heterocycles. The molecule has 2 rings (SSSR count). The van der Waals surface area contributed by atoms with Crippen molar-refractivity contribution in [1.29, 1.82) is 0 Å². The molecular weight excluding hydrogens is 212 g/mol. The first-order valence-corrected chi connectivity index (χ1v) is 6.13. The number of nitrogens with zero attached hydrogens (tertiary/aromatic N) is 3. The standard InChI is InChI=1S/C13H20N4/c1-9(2)11(4)8-14-13-15-12-7-10(3)5-6-17(12)16-13/h5-7,9,11H,8H2,1-4H3,(H,14,16). The molecule has 0 saturated carbocycles. The van der Waals surface area contributed by atoms with E-state index in [1.165, 1.54) is 5.56 Å². The summed E-state index contributed by atoms with van der Waals surface area (Å²) in [5.74, 6) is 1.99. The molecule has 2 aromatic heterocycles. The second-order valence-electron chi connectivity index (χ2n) is 5.04. The van der Waals surface area contributed by atoms with Crippen molar-refractivity contribution in [2.24, 2.45) is 11.8 Å². The highest BCUT2D eigenvalue weighted by atomic mass is 15.3. The van der Waals surface area contributed by atoms with Gasteiger partial charge in [0.05, 0.1) is 0 Å². The highest BCUT2D eigenvalue weighted by molar-refractivity contribution is 5.45. The van der Waals surface area contributed by atoms with Gasteiger partial charge in [-0.25, -0.2) is 4.52 Å². The summed E-state index contributed by atoms with van der Waals surface area (Å²) in [6.45, 7) is 9.66. The third-order valence-electron chi connectivity index (χ3n) is 3.21. The van der Waals surface area contributed by atoms with Crippen LogP contribution in [-0.4, -0.2) is 21.1 Å². The number of anilines is 1. The van der Waals surface area contributed by atoms with Crippen LogP contribution in [-0.2, 0) is 0 Å². The van der Waals surface area contributed by atoms with Crippen LogP contribution in [0.15, 0.2) is 18.3 Å². The number of fused-ring (bicyclic) bond motifs is 1. The lowest BCUT2D eigenvalue weighted by atomic mass is 9.98. The molecule has 0 saturated heterocycles. The zero-order valence-electron chi connectivity index (χ0n) is 10.9. The molecule has 0 aliphatic carbocycles. The second kappa shape index (κ2) is 4.73. The molecule has 0 radical (unpaired) electrons. The lowest BCUT2D eigenvalue weighted by Gasteiger charge is -2.14. The first-order valence-electron chi connectivity index (χ1n) is 6.13. The summed E-state index contributed by atoms with van der Waals surface area (Å²) in [5, 5.41) is 7.67. The van der Waals surface area contributed by atoms with Gasteiger partial charge >= 0.3 is 0 Å². The summed E-state index contributed by atoms with van der Waals surface area (Å²) in [6.07, 6.45) is 1.94. The topological polar surface area (TPSA) is 42.2 Å². The van der Waals surface area contributed by atoms with E-state index < -0.39 is 0 Å². The van der Waals surface area contributed by atoms with Crippen molar-refractivity contribution >= 4 is 11.6 Å². The van der Waals surface area contributed by atoms with Crippen molar-refractivity contribution in [3.63, 3.8) is 0 Å². The molecule has 0 amide bonds. The average Bonchev–Trinajstić information content (AvgIpc) is 2.67. The Balaban J connectivity index is 2.09. The van der Waals surface area contributed by atoms with E-state index in [9.17, 15) is 0 Å². The highest BCUT2D eigenvalue weighted by Gasteiger charge is 2.08. The van der Waals surface area contributed by atoms with Gasteiger partial charge in [-0.2, -0.15) is 4.98 Å². The molecular formula is C13H20N4. The maximum absolute atomic E-state index is 4.45. The van der Waals surface area contributed by atoms with E-state index in [-0.39, 0.29) is 0 Å². The molecule has 0 bridgehead atoms. The van der Waals surface area contributed by atoms with Crippen molar-refractivity contribution in [2.45, 2.75) is 27.7 Å². The fourth-order valence-corrected chi connectivity index (χ4v) is 1.55. The van der Waals surface area contributed by atoms with E-state index in [0.29, 0.717) is 17.8 Å². The zero-order valence-corrected chi connectivity index (χ0v) is 10.9. The van der Waals surface area contributed by atoms with Crippen molar-refractivity contribution in [3.8, 4) is 0 Å². The van der Waals surface area contributed by atoms with Crippen LogP contribution in [0.1, 0.15) is 26.3 Å². The summed E-state index contributed by atoms with van der Waals surface area (Å²) in [6, 6.07) is 4.06. The Labute approximate surface area is 102 Å². The van der Waals surface area contributed by atoms with Crippen molar-refractivity contribution in [3.05, 3.63) is 23.9 Å². The molecule has 4 heteroatoms. The number of hydrogen-bond donors (Lipinski definition) is 1. The fourth-order valence-electron chi connectivity index (χ4n) is 1.55. The minimum absolute atomic E-state index is 0.614. The maximum Gasteiger partial charge on any atom is 0.243 e. The number of hydrogen-bond acceptors (Lipinski definition) is 3. The van der Waals surface area contributed by atoms with Crippen LogP contribution in [0.3, 0.4) is 0 Å². The quantitative estimate of drug-likeness (QED) is 0.881. The largest absolute Gasteiger partial charge is 0.353 e. The van der Waals surface area contributed by atoms with Crippen molar-refractivity contribution < 1.29 is 0 Å². The van der Waals surface area contributed by atoms with Gasteiger partial charge in [0, 0.05) is 12.7 Å². The average molecular weight is 232 g/mol. The van der Waals surface area contributed by atoms with E-state index in [1.54, 1.807) is 4.52 Å². The van der Waals surface area contributed by atoms with E-state index in [2.05, 4.69) is 43.1 Å². The van der Waals surface area contributed by atoms with Crippen LogP contribution in [0.2, 0.25) is 0 Å². The molecule has 0 fully saturated rings. The Morgan fingerprint density at radius 1 is 1.35 bits per heavy atom. The number of rotatable bonds is 4. The molecule has 1 atom stereocenters. The molecule has 2 aromatic rings. The smallest absolute Gasteiger partial charge is 0.243 e. The predicted molar refractivity (Wildman–Crippen MR) is 70.2 cm³/mol. The molecule has 1 N–H and O–H groups in total. The van der Waals surface area contributed by atoms with Crippen LogP contribution in [0.25, 0.3) is 5.65 Å². The molecule has 0 aromatic carbocycles. The number of nitrogens with one attached hydrogen (secondary N) is 1. The van der Waals surface area contributed by atoms with Crippen molar-refractivity contribution in [1.82, 2.24) is 14.6 Å². The highest BCUT2D eigenvalue weighted by Crippen LogP contribution is 2.11. The second-order valence-corrected chi connectivity index (χ2v) is 5.04. The van der Waals surface area contributed by atoms with Gasteiger partial charge in [-0.15, -0.1) is 5.10 Å². The lowest BCUT2D eigenvalue weighted by molar-refractivity contribution is 0.439. The summed E-state index contributed by atoms with van der Waals surface area (Å²) in [5.41, 5.74) is 2.09. The Kier molecular flexibility index (Phi) is 3.31. The molecule has 17 heavy (non-hydrogen) atoms. The van der Waals surface area contributed by atoms with E-state index in [0.717, 1.165) is 12.2 Å². The van der Waals surface area contributed by atoms with Crippen LogP contribution in [0, 0.1) is 18.8 Å². The maximum atomic E-state index is 4.45. The summed E-state index contributed by atoms with van der Waals surface area (Å²) < 4.78 is 1.80. The third-order valence-corrected chi connectivity index (χ3v) is 3.21. The number of pyridine rings is 1.